The van der Waals surface area contributed by atoms with E-state index >= 15 is 0 Å². The molecule has 0 saturated heterocycles. The number of hydrogen-bond donors (Lipinski definition) is 0. The SMILES string of the molecule is [K+].[OH-].c1cc[c]([Al]([c]2ccccc2)[c]2ccccc2)cc1. The fourth-order valence-electron chi connectivity index (χ4n) is 2.51. The summed E-state index contributed by atoms with van der Waals surface area (Å²) < 4.78 is 4.42. The van der Waals surface area contributed by atoms with E-state index in [9.17, 15) is 0 Å². The summed E-state index contributed by atoms with van der Waals surface area (Å²) in [7, 11) is 0. The zero-order valence-corrected chi connectivity index (χ0v) is 16.5. The Morgan fingerprint density at radius 2 is 0.667 bits per heavy atom. The predicted octanol–water partition coefficient (Wildman–Crippen LogP) is -0.970. The first-order valence-corrected chi connectivity index (χ1v) is 8.33. The maximum Gasteiger partial charge on any atom is 1.00 e. The quantitative estimate of drug-likeness (QED) is 0.572. The van der Waals surface area contributed by atoms with Gasteiger partial charge in [0.2, 0.25) is 0 Å². The molecule has 0 bridgehead atoms. The largest absolute Gasteiger partial charge is 1.00 e. The Balaban J connectivity index is 0.00000110. The van der Waals surface area contributed by atoms with Crippen LogP contribution in [-0.2, 0) is 0 Å². The minimum absolute atomic E-state index is 0. The smallest absolute Gasteiger partial charge is 0.870 e. The molecule has 0 fully saturated rings. The van der Waals surface area contributed by atoms with Crippen LogP contribution in [0.25, 0.3) is 0 Å². The molecule has 3 aromatic carbocycles. The maximum atomic E-state index is 2.26. The van der Waals surface area contributed by atoms with E-state index in [-0.39, 0.29) is 56.9 Å². The van der Waals surface area contributed by atoms with Gasteiger partial charge in [0.05, 0.1) is 0 Å². The Kier molecular flexibility index (Phi) is 8.73. The van der Waals surface area contributed by atoms with Crippen LogP contribution in [0.1, 0.15) is 0 Å². The van der Waals surface area contributed by atoms with Crippen molar-refractivity contribution in [2.24, 2.45) is 0 Å². The summed E-state index contributed by atoms with van der Waals surface area (Å²) in [6, 6.07) is 32.7. The van der Waals surface area contributed by atoms with Gasteiger partial charge in [-0.3, -0.25) is 0 Å². The summed E-state index contributed by atoms with van der Waals surface area (Å²) in [5.41, 5.74) is 0. The molecular weight excluding hydrogens is 298 g/mol. The molecule has 1 nitrogen and oxygen atoms in total. The molecule has 0 aliphatic carbocycles. The van der Waals surface area contributed by atoms with Gasteiger partial charge in [0, 0.05) is 0 Å². The molecule has 0 saturated carbocycles. The topological polar surface area (TPSA) is 30.0 Å². The Morgan fingerprint density at radius 1 is 0.429 bits per heavy atom. The maximum absolute atomic E-state index is 2.26. The molecule has 98 valence electrons. The Hall–Kier alpha value is -0.211. The van der Waals surface area contributed by atoms with Gasteiger partial charge in [-0.05, 0) is 0 Å². The second kappa shape index (κ2) is 9.73. The molecule has 21 heavy (non-hydrogen) atoms. The van der Waals surface area contributed by atoms with Gasteiger partial charge < -0.3 is 5.48 Å². The summed E-state index contributed by atoms with van der Waals surface area (Å²) in [4.78, 5) is 0. The van der Waals surface area contributed by atoms with E-state index in [1.165, 1.54) is 13.3 Å². The molecule has 0 radical (unpaired) electrons. The molecule has 0 spiro atoms. The molecule has 0 aliphatic heterocycles. The first-order chi connectivity index (χ1) is 9.45. The van der Waals surface area contributed by atoms with E-state index in [0.717, 1.165) is 0 Å². The van der Waals surface area contributed by atoms with Crippen molar-refractivity contribution >= 4 is 27.4 Å². The van der Waals surface area contributed by atoms with Crippen molar-refractivity contribution in [2.45, 2.75) is 0 Å². The standard InChI is InChI=1S/3C6H5.Al.K.H2O/c3*1-2-4-6-5-3-1;;;/h3*1-5H;;;1H2/q;;;;+1;/p-1. The van der Waals surface area contributed by atoms with Gasteiger partial charge in [0.25, 0.3) is 0 Å². The minimum atomic E-state index is -1.31. The fourth-order valence-corrected chi connectivity index (χ4v) is 5.49. The number of hydrogen-bond acceptors (Lipinski definition) is 1. The van der Waals surface area contributed by atoms with Crippen molar-refractivity contribution in [2.75, 3.05) is 0 Å². The van der Waals surface area contributed by atoms with Crippen LogP contribution in [0.15, 0.2) is 91.0 Å². The number of rotatable bonds is 3. The second-order valence-corrected chi connectivity index (χ2v) is 7.53. The van der Waals surface area contributed by atoms with Crippen molar-refractivity contribution in [3.63, 3.8) is 0 Å². The minimum Gasteiger partial charge on any atom is -0.870 e. The van der Waals surface area contributed by atoms with Gasteiger partial charge in [-0.15, -0.1) is 0 Å². The van der Waals surface area contributed by atoms with Crippen molar-refractivity contribution in [3.05, 3.63) is 91.0 Å². The van der Waals surface area contributed by atoms with Gasteiger partial charge in [0.1, 0.15) is 0 Å². The van der Waals surface area contributed by atoms with E-state index in [2.05, 4.69) is 91.0 Å². The summed E-state index contributed by atoms with van der Waals surface area (Å²) in [5, 5.41) is 0. The fraction of sp³-hybridized carbons (Fsp3) is 0. The van der Waals surface area contributed by atoms with E-state index in [1.54, 1.807) is 0 Å². The Bertz CT molecular complexity index is 535. The third-order valence-electron chi connectivity index (χ3n) is 3.40. The van der Waals surface area contributed by atoms with Crippen LogP contribution in [0.5, 0.6) is 0 Å². The van der Waals surface area contributed by atoms with E-state index in [0.29, 0.717) is 0 Å². The molecule has 0 atom stereocenters. The monoisotopic (exact) mass is 314 g/mol. The zero-order chi connectivity index (χ0) is 12.9. The van der Waals surface area contributed by atoms with E-state index < -0.39 is 14.1 Å². The predicted molar refractivity (Wildman–Crippen MR) is 85.9 cm³/mol. The number of benzene rings is 3. The summed E-state index contributed by atoms with van der Waals surface area (Å²) in [6.07, 6.45) is 0. The molecule has 0 heterocycles. The molecule has 1 N–H and O–H groups in total. The third kappa shape index (κ3) is 4.89. The van der Waals surface area contributed by atoms with Gasteiger partial charge in [-0.25, -0.2) is 0 Å². The average Bonchev–Trinajstić information content (AvgIpc) is 2.51. The van der Waals surface area contributed by atoms with Crippen LogP contribution in [-0.4, -0.2) is 19.6 Å². The van der Waals surface area contributed by atoms with Crippen LogP contribution >= 0.6 is 0 Å². The van der Waals surface area contributed by atoms with Gasteiger partial charge in [0.15, 0.2) is 0 Å². The van der Waals surface area contributed by atoms with Crippen molar-refractivity contribution in [3.8, 4) is 0 Å². The summed E-state index contributed by atoms with van der Waals surface area (Å²) >= 11 is -1.31. The first-order valence-electron chi connectivity index (χ1n) is 6.60. The Labute approximate surface area is 173 Å². The molecule has 0 unspecified atom stereocenters. The van der Waals surface area contributed by atoms with Crippen molar-refractivity contribution < 1.29 is 56.9 Å². The van der Waals surface area contributed by atoms with Gasteiger partial charge in [-0.1, -0.05) is 104 Å². The van der Waals surface area contributed by atoms with E-state index in [4.69, 9.17) is 0 Å². The molecular formula is C18H16AlKO. The molecule has 3 heteroatoms. The summed E-state index contributed by atoms with van der Waals surface area (Å²) in [5.74, 6) is 0. The molecule has 0 amide bonds. The van der Waals surface area contributed by atoms with Crippen LogP contribution in [0.4, 0.5) is 0 Å². The van der Waals surface area contributed by atoms with Crippen molar-refractivity contribution in [1.82, 2.24) is 0 Å². The van der Waals surface area contributed by atoms with Crippen molar-refractivity contribution in [1.29, 1.82) is 0 Å². The van der Waals surface area contributed by atoms with Gasteiger partial charge in [-0.2, -0.15) is 0 Å². The van der Waals surface area contributed by atoms with Crippen LogP contribution in [0, 0.1) is 0 Å². The normalized spacial score (nSPS) is 9.14. The second-order valence-electron chi connectivity index (χ2n) is 4.67. The third-order valence-corrected chi connectivity index (χ3v) is 6.55. The summed E-state index contributed by atoms with van der Waals surface area (Å²) in [6.45, 7) is 0. The molecule has 3 rings (SSSR count). The van der Waals surface area contributed by atoms with Gasteiger partial charge >= 0.3 is 65.5 Å². The van der Waals surface area contributed by atoms with Crippen LogP contribution in [0.3, 0.4) is 0 Å². The van der Waals surface area contributed by atoms with Crippen LogP contribution in [0.2, 0.25) is 0 Å². The molecule has 0 aromatic heterocycles. The average molecular weight is 314 g/mol. The molecule has 3 aromatic rings. The molecule has 0 aliphatic rings. The zero-order valence-electron chi connectivity index (χ0n) is 12.2. The van der Waals surface area contributed by atoms with E-state index in [1.807, 2.05) is 0 Å². The first kappa shape index (κ1) is 18.8. The van der Waals surface area contributed by atoms with Crippen LogP contribution < -0.4 is 64.7 Å². The Morgan fingerprint density at radius 3 is 0.905 bits per heavy atom.